The zero-order chi connectivity index (χ0) is 34.2. The van der Waals surface area contributed by atoms with Crippen LogP contribution in [0.4, 0.5) is 4.79 Å². The van der Waals surface area contributed by atoms with Gasteiger partial charge in [0.15, 0.2) is 0 Å². The van der Waals surface area contributed by atoms with Gasteiger partial charge in [-0.25, -0.2) is 14.6 Å². The van der Waals surface area contributed by atoms with Gasteiger partial charge in [-0.05, 0) is 58.7 Å². The van der Waals surface area contributed by atoms with E-state index in [9.17, 15) is 19.2 Å². The average molecular weight is 645 g/mol. The monoisotopic (exact) mass is 644 g/mol. The first-order valence-corrected chi connectivity index (χ1v) is 15.6. The van der Waals surface area contributed by atoms with Gasteiger partial charge in [0.05, 0.1) is 6.33 Å². The standard InChI is InChI=1S/C35H44N6O6/c1-34(2,3)46-32(44)29(16-22-12-8-7-9-13-22)40-31(43)28(18-24-20-36-21-38-24)39-30(42)27(41-33(45)47-35(4,5)6)17-23-19-37-26-15-11-10-14-25(23)26/h7-15,19-21,27-29,37H,16-18H2,1-6H3,(H,36,38)(H,39,42)(H,40,43)(H,41,45)/t27-,28-,29-/m0/s1. The van der Waals surface area contributed by atoms with E-state index in [1.807, 2.05) is 54.6 Å². The molecular formula is C35H44N6O6. The Kier molecular flexibility index (Phi) is 11.1. The number of carbonyl (C=O) groups excluding carboxylic acids is 4. The van der Waals surface area contributed by atoms with Crippen molar-refractivity contribution in [1.29, 1.82) is 0 Å². The first kappa shape index (κ1) is 34.7. The molecule has 3 amide bonds. The highest BCUT2D eigenvalue weighted by atomic mass is 16.6. The van der Waals surface area contributed by atoms with Crippen molar-refractivity contribution in [2.45, 2.75) is 90.1 Å². The van der Waals surface area contributed by atoms with E-state index >= 15 is 0 Å². The maximum atomic E-state index is 14.0. The number of fused-ring (bicyclic) bond motifs is 1. The van der Waals surface area contributed by atoms with E-state index in [1.54, 1.807) is 53.9 Å². The molecule has 4 aromatic rings. The van der Waals surface area contributed by atoms with Crippen LogP contribution in [-0.4, -0.2) is 68.2 Å². The van der Waals surface area contributed by atoms with Crippen LogP contribution < -0.4 is 16.0 Å². The normalized spacial score (nSPS) is 13.7. The van der Waals surface area contributed by atoms with Crippen molar-refractivity contribution in [3.63, 3.8) is 0 Å². The molecule has 2 aromatic carbocycles. The van der Waals surface area contributed by atoms with Gasteiger partial charge in [0.1, 0.15) is 29.3 Å². The summed E-state index contributed by atoms with van der Waals surface area (Å²) in [6.45, 7) is 10.4. The summed E-state index contributed by atoms with van der Waals surface area (Å²) in [5.41, 5.74) is 1.48. The van der Waals surface area contributed by atoms with Gasteiger partial charge in [0, 0.05) is 48.3 Å². The molecule has 4 rings (SSSR count). The summed E-state index contributed by atoms with van der Waals surface area (Å²) >= 11 is 0. The second-order valence-corrected chi connectivity index (χ2v) is 13.4. The minimum absolute atomic E-state index is 0.0379. The number of benzene rings is 2. The number of rotatable bonds is 12. The number of hydrogen-bond acceptors (Lipinski definition) is 7. The maximum Gasteiger partial charge on any atom is 0.408 e. The fraction of sp³-hybridized carbons (Fsp3) is 0.400. The number of amides is 3. The molecule has 12 nitrogen and oxygen atoms in total. The van der Waals surface area contributed by atoms with Gasteiger partial charge in [-0.2, -0.15) is 0 Å². The van der Waals surface area contributed by atoms with Crippen LogP contribution in [0.3, 0.4) is 0 Å². The highest BCUT2D eigenvalue weighted by Crippen LogP contribution is 2.20. The lowest BCUT2D eigenvalue weighted by Gasteiger charge is -2.27. The van der Waals surface area contributed by atoms with Crippen molar-refractivity contribution in [1.82, 2.24) is 30.9 Å². The molecule has 2 aromatic heterocycles. The number of H-pyrrole nitrogens is 2. The van der Waals surface area contributed by atoms with E-state index in [0.717, 1.165) is 22.0 Å². The quantitative estimate of drug-likeness (QED) is 0.145. The minimum Gasteiger partial charge on any atom is -0.458 e. The highest BCUT2D eigenvalue weighted by Gasteiger charge is 2.33. The lowest BCUT2D eigenvalue weighted by molar-refractivity contribution is -0.158. The van der Waals surface area contributed by atoms with Gasteiger partial charge in [-0.1, -0.05) is 48.5 Å². The van der Waals surface area contributed by atoms with Gasteiger partial charge in [-0.3, -0.25) is 9.59 Å². The molecule has 12 heteroatoms. The summed E-state index contributed by atoms with van der Waals surface area (Å²) in [7, 11) is 0. The lowest BCUT2D eigenvalue weighted by atomic mass is 10.0. The summed E-state index contributed by atoms with van der Waals surface area (Å²) in [4.78, 5) is 64.2. The zero-order valence-corrected chi connectivity index (χ0v) is 27.7. The molecule has 0 aliphatic rings. The first-order valence-electron chi connectivity index (χ1n) is 15.6. The van der Waals surface area contributed by atoms with Crippen LogP contribution in [0.25, 0.3) is 10.9 Å². The molecule has 0 bridgehead atoms. The Morgan fingerprint density at radius 1 is 0.723 bits per heavy atom. The van der Waals surface area contributed by atoms with E-state index in [2.05, 4.69) is 30.9 Å². The molecule has 0 aliphatic carbocycles. The van der Waals surface area contributed by atoms with Crippen molar-refractivity contribution in [3.05, 3.63) is 90.1 Å². The molecule has 5 N–H and O–H groups in total. The number of hydrogen-bond donors (Lipinski definition) is 5. The van der Waals surface area contributed by atoms with Crippen LogP contribution >= 0.6 is 0 Å². The van der Waals surface area contributed by atoms with E-state index in [-0.39, 0.29) is 19.3 Å². The molecule has 0 radical (unpaired) electrons. The zero-order valence-electron chi connectivity index (χ0n) is 27.7. The summed E-state index contributed by atoms with van der Waals surface area (Å²) in [6, 6.07) is 13.6. The molecule has 0 aliphatic heterocycles. The largest absolute Gasteiger partial charge is 0.458 e. The molecule has 250 valence electrons. The molecule has 0 fully saturated rings. The SMILES string of the molecule is CC(C)(C)OC(=O)N[C@@H](Cc1c[nH]c2ccccc12)C(=O)N[C@@H](Cc1cnc[nH]1)C(=O)N[C@@H](Cc1ccccc1)C(=O)OC(C)(C)C. The molecule has 0 unspecified atom stereocenters. The number of para-hydroxylation sites is 1. The van der Waals surface area contributed by atoms with Crippen LogP contribution in [0, 0.1) is 0 Å². The van der Waals surface area contributed by atoms with Crippen molar-refractivity contribution in [3.8, 4) is 0 Å². The fourth-order valence-electron chi connectivity index (χ4n) is 4.97. The first-order chi connectivity index (χ1) is 22.2. The van der Waals surface area contributed by atoms with Gasteiger partial charge in [-0.15, -0.1) is 0 Å². The van der Waals surface area contributed by atoms with Crippen LogP contribution in [0.2, 0.25) is 0 Å². The van der Waals surface area contributed by atoms with Crippen molar-refractivity contribution < 1.29 is 28.7 Å². The number of ether oxygens (including phenoxy) is 2. The van der Waals surface area contributed by atoms with Gasteiger partial charge in [0.2, 0.25) is 11.8 Å². The van der Waals surface area contributed by atoms with Crippen molar-refractivity contribution in [2.24, 2.45) is 0 Å². The third kappa shape index (κ3) is 10.7. The number of aromatic amines is 2. The summed E-state index contributed by atoms with van der Waals surface area (Å²) in [6.07, 6.45) is 4.35. The molecule has 2 heterocycles. The van der Waals surface area contributed by atoms with Crippen LogP contribution in [0.5, 0.6) is 0 Å². The Hall–Kier alpha value is -5.13. The molecular weight excluding hydrogens is 600 g/mol. The topological polar surface area (TPSA) is 167 Å². The number of aromatic nitrogens is 3. The molecule has 3 atom stereocenters. The fourth-order valence-corrected chi connectivity index (χ4v) is 4.97. The van der Waals surface area contributed by atoms with Crippen LogP contribution in [0.15, 0.2) is 73.3 Å². The van der Waals surface area contributed by atoms with E-state index < -0.39 is 53.2 Å². The molecule has 0 saturated heterocycles. The number of imidazole rings is 1. The van der Waals surface area contributed by atoms with Gasteiger partial charge in [0.25, 0.3) is 0 Å². The van der Waals surface area contributed by atoms with Crippen LogP contribution in [-0.2, 0) is 43.1 Å². The summed E-state index contributed by atoms with van der Waals surface area (Å²) in [5.74, 6) is -1.83. The molecule has 0 saturated carbocycles. The van der Waals surface area contributed by atoms with Gasteiger partial charge >= 0.3 is 12.1 Å². The summed E-state index contributed by atoms with van der Waals surface area (Å²) < 4.78 is 11.1. The number of carbonyl (C=O) groups is 4. The Morgan fingerprint density at radius 3 is 1.98 bits per heavy atom. The minimum atomic E-state index is -1.14. The summed E-state index contributed by atoms with van der Waals surface area (Å²) in [5, 5.41) is 9.19. The Morgan fingerprint density at radius 2 is 1.34 bits per heavy atom. The number of nitrogens with zero attached hydrogens (tertiary/aromatic N) is 1. The lowest BCUT2D eigenvalue weighted by Crippen LogP contribution is -2.57. The predicted octanol–water partition coefficient (Wildman–Crippen LogP) is 4.12. The van der Waals surface area contributed by atoms with Crippen LogP contribution in [0.1, 0.15) is 58.4 Å². The van der Waals surface area contributed by atoms with Crippen molar-refractivity contribution >= 4 is 34.8 Å². The number of esters is 1. The second-order valence-electron chi connectivity index (χ2n) is 13.4. The van der Waals surface area contributed by atoms with E-state index in [0.29, 0.717) is 5.69 Å². The number of nitrogens with one attached hydrogen (secondary N) is 5. The Bertz CT molecular complexity index is 1650. The average Bonchev–Trinajstić information content (AvgIpc) is 3.65. The smallest absolute Gasteiger partial charge is 0.408 e. The third-order valence-corrected chi connectivity index (χ3v) is 7.01. The van der Waals surface area contributed by atoms with Crippen molar-refractivity contribution in [2.75, 3.05) is 0 Å². The Labute approximate surface area is 274 Å². The van der Waals surface area contributed by atoms with Gasteiger partial charge < -0.3 is 35.4 Å². The predicted molar refractivity (Wildman–Crippen MR) is 177 cm³/mol. The van der Waals surface area contributed by atoms with E-state index in [1.165, 1.54) is 6.33 Å². The Balaban J connectivity index is 1.60. The second kappa shape index (κ2) is 15.0. The number of alkyl carbamates (subject to hydrolysis) is 1. The van der Waals surface area contributed by atoms with E-state index in [4.69, 9.17) is 9.47 Å². The maximum absolute atomic E-state index is 14.0. The molecule has 47 heavy (non-hydrogen) atoms. The molecule has 0 spiro atoms. The highest BCUT2D eigenvalue weighted by molar-refractivity contribution is 5.94. The third-order valence-electron chi connectivity index (χ3n) is 7.01.